The van der Waals surface area contributed by atoms with Crippen LogP contribution in [0.15, 0.2) is 46.0 Å². The topological polar surface area (TPSA) is 226 Å². The molecule has 0 aliphatic carbocycles. The Balaban J connectivity index is 0.000000261. The van der Waals surface area contributed by atoms with Gasteiger partial charge in [0.05, 0.1) is 12.1 Å². The second-order valence-corrected chi connectivity index (χ2v) is 18.5. The van der Waals surface area contributed by atoms with Crippen molar-refractivity contribution in [1.82, 2.24) is 38.7 Å². The van der Waals surface area contributed by atoms with Gasteiger partial charge in [0.25, 0.3) is 11.1 Å². The number of nitrogens with zero attached hydrogens (tertiary/aromatic N) is 8. The van der Waals surface area contributed by atoms with Crippen LogP contribution in [0, 0.1) is 25.5 Å². The largest absolute Gasteiger partial charge is 0.501 e. The highest BCUT2D eigenvalue weighted by molar-refractivity contribution is 6.35. The van der Waals surface area contributed by atoms with Crippen molar-refractivity contribution >= 4 is 35.2 Å². The molecule has 2 aromatic carbocycles. The number of halogens is 2. The number of amides is 4. The Bertz CT molecular complexity index is 2640. The van der Waals surface area contributed by atoms with Crippen LogP contribution in [0.2, 0.25) is 0 Å². The Morgan fingerprint density at radius 2 is 0.929 bits per heavy atom. The fourth-order valence-corrected chi connectivity index (χ4v) is 8.56. The van der Waals surface area contributed by atoms with Crippen molar-refractivity contribution in [3.05, 3.63) is 114 Å². The average molecular weight is 973 g/mol. The van der Waals surface area contributed by atoms with E-state index in [-0.39, 0.29) is 72.4 Å². The summed E-state index contributed by atoms with van der Waals surface area (Å²) >= 11 is 0. The predicted molar refractivity (Wildman–Crippen MR) is 253 cm³/mol. The number of aromatic hydroxyl groups is 2. The maximum Gasteiger partial charge on any atom is 0.312 e. The maximum absolute atomic E-state index is 13.9. The van der Waals surface area contributed by atoms with E-state index in [1.54, 1.807) is 52.0 Å². The van der Waals surface area contributed by atoms with Gasteiger partial charge in [0.15, 0.2) is 23.0 Å². The summed E-state index contributed by atoms with van der Waals surface area (Å²) in [5, 5.41) is 21.2. The molecule has 4 amide bonds. The molecule has 20 heteroatoms. The first-order valence-electron chi connectivity index (χ1n) is 23.1. The molecule has 2 aliphatic rings. The number of fused-ring (bicyclic) bond motifs is 2. The lowest BCUT2D eigenvalue weighted by atomic mass is 10.0. The summed E-state index contributed by atoms with van der Waals surface area (Å²) in [4.78, 5) is 116. The van der Waals surface area contributed by atoms with Gasteiger partial charge in [-0.2, -0.15) is 0 Å². The molecule has 6 rings (SSSR count). The predicted octanol–water partition coefficient (Wildman–Crippen LogP) is 5.09. The summed E-state index contributed by atoms with van der Waals surface area (Å²) in [5.74, 6) is -6.06. The Morgan fingerprint density at radius 1 is 0.586 bits per heavy atom. The molecule has 4 heterocycles. The quantitative estimate of drug-likeness (QED) is 0.157. The van der Waals surface area contributed by atoms with E-state index in [4.69, 9.17) is 0 Å². The molecule has 4 aromatic rings. The molecule has 2 aromatic heterocycles. The van der Waals surface area contributed by atoms with Crippen molar-refractivity contribution in [2.45, 2.75) is 116 Å². The molecule has 376 valence electrons. The number of aromatic nitrogens is 4. The number of ketones is 2. The van der Waals surface area contributed by atoms with Crippen LogP contribution in [0.3, 0.4) is 0 Å². The number of rotatable bonds is 10. The molecule has 2 aliphatic heterocycles. The number of hydrogen-bond acceptors (Lipinski definition) is 12. The van der Waals surface area contributed by atoms with Gasteiger partial charge in [-0.15, -0.1) is 0 Å². The molecule has 18 nitrogen and oxygen atoms in total. The minimum Gasteiger partial charge on any atom is -0.501 e. The van der Waals surface area contributed by atoms with Crippen LogP contribution in [-0.2, 0) is 32.0 Å². The number of benzene rings is 2. The van der Waals surface area contributed by atoms with E-state index < -0.39 is 69.9 Å². The van der Waals surface area contributed by atoms with Gasteiger partial charge in [-0.1, -0.05) is 24.3 Å². The van der Waals surface area contributed by atoms with Gasteiger partial charge in [-0.25, -0.2) is 18.7 Å². The van der Waals surface area contributed by atoms with Crippen LogP contribution >= 0.6 is 0 Å². The zero-order chi connectivity index (χ0) is 52.0. The van der Waals surface area contributed by atoms with E-state index in [2.05, 4.69) is 9.97 Å². The molecule has 4 atom stereocenters. The molecule has 0 spiro atoms. The van der Waals surface area contributed by atoms with Crippen molar-refractivity contribution in [2.75, 3.05) is 42.3 Å². The van der Waals surface area contributed by atoms with Crippen LogP contribution in [-0.4, -0.2) is 126 Å². The molecule has 0 bridgehead atoms. The third-order valence-electron chi connectivity index (χ3n) is 13.0. The van der Waals surface area contributed by atoms with E-state index in [1.807, 2.05) is 0 Å². The molecule has 0 radical (unpaired) electrons. The van der Waals surface area contributed by atoms with Gasteiger partial charge in [0, 0.05) is 67.2 Å². The Kier molecular flexibility index (Phi) is 17.3. The van der Waals surface area contributed by atoms with E-state index >= 15 is 0 Å². The third-order valence-corrected chi connectivity index (χ3v) is 13.0. The average Bonchev–Trinajstić information content (AvgIpc) is 3.60. The smallest absolute Gasteiger partial charge is 0.312 e. The number of carbonyl (C=O) groups excluding carboxylic acids is 6. The van der Waals surface area contributed by atoms with E-state index in [9.17, 15) is 57.4 Å². The minimum absolute atomic E-state index is 0.0972. The summed E-state index contributed by atoms with van der Waals surface area (Å²) in [6, 6.07) is 7.24. The Labute approximate surface area is 404 Å². The van der Waals surface area contributed by atoms with Gasteiger partial charge in [-0.3, -0.25) is 47.5 Å². The fourth-order valence-electron chi connectivity index (χ4n) is 8.56. The van der Waals surface area contributed by atoms with Crippen LogP contribution in [0.1, 0.15) is 144 Å². The second kappa shape index (κ2) is 22.5. The lowest BCUT2D eigenvalue weighted by Gasteiger charge is -2.29. The van der Waals surface area contributed by atoms with Gasteiger partial charge in [0.2, 0.25) is 11.5 Å². The normalized spacial score (nSPS) is 17.3. The monoisotopic (exact) mass is 972 g/mol. The van der Waals surface area contributed by atoms with Crippen molar-refractivity contribution in [3.63, 3.8) is 0 Å². The summed E-state index contributed by atoms with van der Waals surface area (Å²) in [5.41, 5.74) is -0.106. The molecule has 0 unspecified atom stereocenters. The summed E-state index contributed by atoms with van der Waals surface area (Å²) in [7, 11) is 8.79. The number of hydrogen-bond donors (Lipinski definition) is 2. The first-order chi connectivity index (χ1) is 32.9. The molecule has 0 fully saturated rings. The molecular formula is C50H62F2N8O10. The van der Waals surface area contributed by atoms with Crippen molar-refractivity contribution in [1.29, 1.82) is 0 Å². The van der Waals surface area contributed by atoms with E-state index in [1.165, 1.54) is 83.2 Å². The molecule has 0 saturated heterocycles. The number of aryl methyl sites for hydroxylation is 4. The summed E-state index contributed by atoms with van der Waals surface area (Å²) in [6.45, 7) is 6.88. The third kappa shape index (κ3) is 11.7. The van der Waals surface area contributed by atoms with Crippen LogP contribution in [0.5, 0.6) is 11.5 Å². The fraction of sp³-hybridized carbons (Fsp3) is 0.480. The van der Waals surface area contributed by atoms with Crippen molar-refractivity contribution < 1.29 is 47.8 Å². The molecule has 70 heavy (non-hydrogen) atoms. The van der Waals surface area contributed by atoms with Crippen molar-refractivity contribution in [2.24, 2.45) is 0 Å². The van der Waals surface area contributed by atoms with Crippen LogP contribution in [0.4, 0.5) is 8.78 Å². The summed E-state index contributed by atoms with van der Waals surface area (Å²) in [6.07, 6.45) is 3.55. The standard InChI is InChI=1S/2C25H31FN4O5/c2*1-14-9-10-16(13-17(14)26)11-12-19(31)20-21(32)23(33)30-15(2)7-6-8-18(22(30)27-20)29(5)25(35)24(34)28(3)4/h2*9-10,13,15,18,32H,6-8,11-12H2,1-5H3/t2*15-,18-/m10/s1. The molecular weight excluding hydrogens is 911 g/mol. The Hall–Kier alpha value is -7.12. The zero-order valence-electron chi connectivity index (χ0n) is 41.3. The van der Waals surface area contributed by atoms with Gasteiger partial charge in [-0.05, 0) is 113 Å². The number of Topliss-reactive ketones (excluding diaryl/α,β-unsaturated/α-hetero) is 2. The van der Waals surface area contributed by atoms with E-state index in [0.29, 0.717) is 60.8 Å². The highest BCUT2D eigenvalue weighted by Gasteiger charge is 2.37. The van der Waals surface area contributed by atoms with Gasteiger partial charge < -0.3 is 29.8 Å². The van der Waals surface area contributed by atoms with Gasteiger partial charge in [0.1, 0.15) is 23.3 Å². The minimum atomic E-state index is -0.766. The first kappa shape index (κ1) is 53.8. The lowest BCUT2D eigenvalue weighted by Crippen LogP contribution is -2.43. The van der Waals surface area contributed by atoms with E-state index in [0.717, 1.165) is 0 Å². The van der Waals surface area contributed by atoms with Crippen LogP contribution in [0.25, 0.3) is 0 Å². The molecule has 0 saturated carbocycles. The van der Waals surface area contributed by atoms with Crippen molar-refractivity contribution in [3.8, 4) is 11.5 Å². The first-order valence-corrected chi connectivity index (χ1v) is 23.1. The van der Waals surface area contributed by atoms with Crippen LogP contribution < -0.4 is 11.1 Å². The lowest BCUT2D eigenvalue weighted by molar-refractivity contribution is -0.151. The summed E-state index contributed by atoms with van der Waals surface area (Å²) < 4.78 is 30.3. The maximum atomic E-state index is 13.9. The molecule has 2 N–H and O–H groups in total. The number of carbonyl (C=O) groups is 6. The SMILES string of the molecule is Cc1ccc(CCC(=O)c2nc3n(c(=O)c2O)[C@@H](C)CCC[C@@H]3N(C)C(=O)C(=O)N(C)C)cc1F.Cc1ccc(CCC(=O)c2nc3n(c(=O)c2O)[C@H](C)CCC[C@H]3N(C)C(=O)C(=O)N(C)C)cc1F. The highest BCUT2D eigenvalue weighted by Crippen LogP contribution is 2.35. The van der Waals surface area contributed by atoms with Gasteiger partial charge >= 0.3 is 23.6 Å². The second-order valence-electron chi connectivity index (χ2n) is 18.5. The Morgan fingerprint density at radius 3 is 1.24 bits per heavy atom. The number of likely N-dealkylation sites (N-methyl/N-ethyl adjacent to an activating group) is 4. The zero-order valence-corrected chi connectivity index (χ0v) is 41.3. The highest BCUT2D eigenvalue weighted by atomic mass is 19.1.